The van der Waals surface area contributed by atoms with Gasteiger partial charge in [0.25, 0.3) is 0 Å². The van der Waals surface area contributed by atoms with Gasteiger partial charge in [0.2, 0.25) is 0 Å². The SMILES string of the molecule is CN[C@H]1CC[C@@H](C2CCC(Cl)C(Cl)C2)c2ccccc21. The summed E-state index contributed by atoms with van der Waals surface area (Å²) < 4.78 is 0. The molecule has 3 rings (SSSR count). The van der Waals surface area contributed by atoms with Crippen molar-refractivity contribution >= 4 is 23.2 Å². The highest BCUT2D eigenvalue weighted by Gasteiger charge is 2.36. The van der Waals surface area contributed by atoms with Gasteiger partial charge in [-0.1, -0.05) is 24.3 Å². The normalized spacial score (nSPS) is 37.5. The second-order valence-corrected chi connectivity index (χ2v) is 7.38. The van der Waals surface area contributed by atoms with Gasteiger partial charge in [-0.3, -0.25) is 0 Å². The van der Waals surface area contributed by atoms with E-state index < -0.39 is 0 Å². The second kappa shape index (κ2) is 6.25. The van der Waals surface area contributed by atoms with E-state index in [9.17, 15) is 0 Å². The van der Waals surface area contributed by atoms with Crippen molar-refractivity contribution in [3.05, 3.63) is 35.4 Å². The van der Waals surface area contributed by atoms with Crippen LogP contribution in [0.2, 0.25) is 0 Å². The first-order valence-corrected chi connectivity index (χ1v) is 8.62. The number of halogens is 2. The van der Waals surface area contributed by atoms with Crippen molar-refractivity contribution in [2.75, 3.05) is 7.05 Å². The van der Waals surface area contributed by atoms with E-state index in [1.54, 1.807) is 5.56 Å². The Bertz CT molecular complexity index is 462. The standard InChI is InChI=1S/C17H23Cl2N/c1-20-17-9-7-12(13-4-2-3-5-14(13)17)11-6-8-15(18)16(19)10-11/h2-5,11-12,15-17,20H,6-10H2,1H3/t11?,12-,15?,16?,17-/m0/s1. The van der Waals surface area contributed by atoms with Crippen LogP contribution in [-0.2, 0) is 0 Å². The molecule has 0 spiro atoms. The minimum Gasteiger partial charge on any atom is -0.313 e. The molecule has 0 aromatic heterocycles. The zero-order chi connectivity index (χ0) is 14.1. The van der Waals surface area contributed by atoms with Gasteiger partial charge in [0.1, 0.15) is 0 Å². The van der Waals surface area contributed by atoms with Crippen LogP contribution in [0.5, 0.6) is 0 Å². The van der Waals surface area contributed by atoms with Crippen molar-refractivity contribution in [1.82, 2.24) is 5.32 Å². The molecule has 1 N–H and O–H groups in total. The number of hydrogen-bond acceptors (Lipinski definition) is 1. The third-order valence-electron chi connectivity index (χ3n) is 5.19. The summed E-state index contributed by atoms with van der Waals surface area (Å²) in [5.74, 6) is 1.37. The van der Waals surface area contributed by atoms with E-state index in [4.69, 9.17) is 23.2 Å². The summed E-state index contributed by atoms with van der Waals surface area (Å²) in [4.78, 5) is 0. The number of nitrogens with one attached hydrogen (secondary N) is 1. The minimum atomic E-state index is 0.143. The van der Waals surface area contributed by atoms with Crippen molar-refractivity contribution in [1.29, 1.82) is 0 Å². The molecule has 3 heteroatoms. The maximum atomic E-state index is 6.42. The van der Waals surface area contributed by atoms with Crippen LogP contribution in [0.4, 0.5) is 0 Å². The van der Waals surface area contributed by atoms with Crippen molar-refractivity contribution in [2.24, 2.45) is 5.92 Å². The number of alkyl halides is 2. The van der Waals surface area contributed by atoms with Gasteiger partial charge in [-0.2, -0.15) is 0 Å². The third kappa shape index (κ3) is 2.73. The Balaban J connectivity index is 1.84. The first-order chi connectivity index (χ1) is 9.70. The summed E-state index contributed by atoms with van der Waals surface area (Å²) in [6, 6.07) is 9.45. The van der Waals surface area contributed by atoms with E-state index in [1.807, 2.05) is 0 Å². The summed E-state index contributed by atoms with van der Waals surface area (Å²) in [5, 5.41) is 3.76. The Labute approximate surface area is 132 Å². The van der Waals surface area contributed by atoms with Crippen molar-refractivity contribution in [3.8, 4) is 0 Å². The van der Waals surface area contributed by atoms with Gasteiger partial charge in [0.15, 0.2) is 0 Å². The highest BCUT2D eigenvalue weighted by Crippen LogP contribution is 2.47. The summed E-state index contributed by atoms with van der Waals surface area (Å²) in [5.41, 5.74) is 3.03. The first-order valence-electron chi connectivity index (χ1n) is 7.75. The summed E-state index contributed by atoms with van der Waals surface area (Å²) in [6.45, 7) is 0. The molecule has 0 bridgehead atoms. The maximum Gasteiger partial charge on any atom is 0.0502 e. The molecular formula is C17H23Cl2N. The van der Waals surface area contributed by atoms with E-state index in [0.29, 0.717) is 17.9 Å². The van der Waals surface area contributed by atoms with Crippen LogP contribution in [-0.4, -0.2) is 17.8 Å². The van der Waals surface area contributed by atoms with Crippen LogP contribution in [0, 0.1) is 5.92 Å². The number of benzene rings is 1. The van der Waals surface area contributed by atoms with Crippen LogP contribution in [0.3, 0.4) is 0 Å². The smallest absolute Gasteiger partial charge is 0.0502 e. The fraction of sp³-hybridized carbons (Fsp3) is 0.647. The monoisotopic (exact) mass is 311 g/mol. The number of fused-ring (bicyclic) bond motifs is 1. The molecule has 110 valence electrons. The molecule has 1 aromatic carbocycles. The zero-order valence-electron chi connectivity index (χ0n) is 12.0. The van der Waals surface area contributed by atoms with Crippen molar-refractivity contribution in [2.45, 2.75) is 54.8 Å². The van der Waals surface area contributed by atoms with E-state index in [1.165, 1.54) is 24.8 Å². The fourth-order valence-electron chi connectivity index (χ4n) is 4.09. The molecule has 0 radical (unpaired) electrons. The van der Waals surface area contributed by atoms with Crippen LogP contribution in [0.15, 0.2) is 24.3 Å². The maximum absolute atomic E-state index is 6.42. The molecule has 0 aliphatic heterocycles. The van der Waals surface area contributed by atoms with Gasteiger partial charge in [0.05, 0.1) is 5.38 Å². The van der Waals surface area contributed by atoms with E-state index in [-0.39, 0.29) is 10.8 Å². The molecule has 1 nitrogen and oxygen atoms in total. The van der Waals surface area contributed by atoms with Gasteiger partial charge in [-0.05, 0) is 62.1 Å². The topological polar surface area (TPSA) is 12.0 Å². The average molecular weight is 312 g/mol. The van der Waals surface area contributed by atoms with Gasteiger partial charge in [-0.15, -0.1) is 23.2 Å². The van der Waals surface area contributed by atoms with Crippen molar-refractivity contribution in [3.63, 3.8) is 0 Å². The molecule has 0 amide bonds. The van der Waals surface area contributed by atoms with Crippen LogP contribution < -0.4 is 5.32 Å². The number of rotatable bonds is 2. The lowest BCUT2D eigenvalue weighted by atomic mass is 9.69. The molecule has 0 saturated heterocycles. The van der Waals surface area contributed by atoms with Gasteiger partial charge in [0, 0.05) is 11.4 Å². The Kier molecular flexibility index (Phi) is 4.59. The minimum absolute atomic E-state index is 0.143. The van der Waals surface area contributed by atoms with Crippen LogP contribution >= 0.6 is 23.2 Å². The second-order valence-electron chi connectivity index (χ2n) is 6.26. The van der Waals surface area contributed by atoms with E-state index in [0.717, 1.165) is 12.8 Å². The summed E-state index contributed by atoms with van der Waals surface area (Å²) in [7, 11) is 2.06. The Hall–Kier alpha value is -0.240. The predicted molar refractivity (Wildman–Crippen MR) is 86.8 cm³/mol. The average Bonchev–Trinajstić information content (AvgIpc) is 2.49. The van der Waals surface area contributed by atoms with Crippen LogP contribution in [0.1, 0.15) is 55.2 Å². The molecule has 2 aliphatic carbocycles. The summed E-state index contributed by atoms with van der Waals surface area (Å²) in [6.07, 6.45) is 5.85. The predicted octanol–water partition coefficient (Wildman–Crippen LogP) is 4.84. The largest absolute Gasteiger partial charge is 0.313 e. The third-order valence-corrected chi connectivity index (χ3v) is 6.32. The number of hydrogen-bond donors (Lipinski definition) is 1. The molecule has 2 aliphatic rings. The highest BCUT2D eigenvalue weighted by molar-refractivity contribution is 6.30. The van der Waals surface area contributed by atoms with Gasteiger partial charge in [-0.25, -0.2) is 0 Å². The molecule has 5 atom stereocenters. The molecule has 1 saturated carbocycles. The lowest BCUT2D eigenvalue weighted by Gasteiger charge is -2.39. The van der Waals surface area contributed by atoms with Crippen molar-refractivity contribution < 1.29 is 0 Å². The fourth-order valence-corrected chi connectivity index (χ4v) is 4.67. The van der Waals surface area contributed by atoms with Gasteiger partial charge < -0.3 is 5.32 Å². The Morgan fingerprint density at radius 2 is 1.70 bits per heavy atom. The van der Waals surface area contributed by atoms with E-state index in [2.05, 4.69) is 36.6 Å². The van der Waals surface area contributed by atoms with Gasteiger partial charge >= 0.3 is 0 Å². The summed E-state index contributed by atoms with van der Waals surface area (Å²) >= 11 is 12.7. The Morgan fingerprint density at radius 1 is 0.950 bits per heavy atom. The molecule has 20 heavy (non-hydrogen) atoms. The molecule has 3 unspecified atom stereocenters. The van der Waals surface area contributed by atoms with E-state index >= 15 is 0 Å². The molecule has 1 fully saturated rings. The lowest BCUT2D eigenvalue weighted by molar-refractivity contribution is 0.276. The van der Waals surface area contributed by atoms with Crippen LogP contribution in [0.25, 0.3) is 0 Å². The molecular weight excluding hydrogens is 289 g/mol. The molecule has 1 aromatic rings. The first kappa shape index (κ1) is 14.7. The quantitative estimate of drug-likeness (QED) is 0.771. The molecule has 0 heterocycles. The zero-order valence-corrected chi connectivity index (χ0v) is 13.5. The Morgan fingerprint density at radius 3 is 2.40 bits per heavy atom. The lowest BCUT2D eigenvalue weighted by Crippen LogP contribution is -2.32. The highest BCUT2D eigenvalue weighted by atomic mass is 35.5.